The highest BCUT2D eigenvalue weighted by Gasteiger charge is 2.67. The van der Waals surface area contributed by atoms with Gasteiger partial charge in [0.25, 0.3) is 0 Å². The first kappa shape index (κ1) is 18.0. The van der Waals surface area contributed by atoms with Crippen LogP contribution in [0.3, 0.4) is 0 Å². The monoisotopic (exact) mass is 422 g/mol. The molecule has 2 atom stereocenters. The number of halogens is 5. The fourth-order valence-electron chi connectivity index (χ4n) is 2.66. The molecule has 3 N–H and O–H groups in total. The average Bonchev–Trinajstić information content (AvgIpc) is 3.05. The number of carbonyl (C=O) groups excluding carboxylic acids is 1. The Morgan fingerprint density at radius 2 is 1.67 bits per heavy atom. The van der Waals surface area contributed by atoms with Crippen LogP contribution in [0, 0.1) is 5.92 Å². The maximum atomic E-state index is 12.5. The van der Waals surface area contributed by atoms with E-state index < -0.39 is 16.2 Å². The quantitative estimate of drug-likeness (QED) is 0.487. The molecule has 1 aliphatic carbocycles. The number of hydrogen-bond donors (Lipinski definition) is 2. The number of nitrogens with one attached hydrogen (secondary N) is 1. The predicted molar refractivity (Wildman–Crippen MR) is 102 cm³/mol. The molecule has 0 unspecified atom stereocenters. The molecule has 126 valence electrons. The fraction of sp³-hybridized carbons (Fsp3) is 0.188. The van der Waals surface area contributed by atoms with Crippen molar-refractivity contribution in [2.24, 2.45) is 5.92 Å². The van der Waals surface area contributed by atoms with Crippen LogP contribution in [0.15, 0.2) is 36.4 Å². The van der Waals surface area contributed by atoms with Crippen molar-refractivity contribution in [3.05, 3.63) is 57.0 Å². The first-order chi connectivity index (χ1) is 11.2. The van der Waals surface area contributed by atoms with Gasteiger partial charge in [-0.1, -0.05) is 34.8 Å². The van der Waals surface area contributed by atoms with Gasteiger partial charge in [0.05, 0.1) is 16.6 Å². The molecule has 1 saturated carbocycles. The van der Waals surface area contributed by atoms with E-state index in [1.165, 1.54) is 0 Å². The second kappa shape index (κ2) is 6.47. The van der Waals surface area contributed by atoms with Gasteiger partial charge in [-0.25, -0.2) is 0 Å². The third-order valence-corrected chi connectivity index (χ3v) is 5.56. The van der Waals surface area contributed by atoms with E-state index in [0.29, 0.717) is 32.0 Å². The molecule has 2 aromatic carbocycles. The van der Waals surface area contributed by atoms with Crippen molar-refractivity contribution in [2.45, 2.75) is 10.3 Å². The average molecular weight is 425 g/mol. The van der Waals surface area contributed by atoms with Crippen LogP contribution in [0.1, 0.15) is 11.5 Å². The summed E-state index contributed by atoms with van der Waals surface area (Å²) in [6.07, 6.45) is 0. The van der Waals surface area contributed by atoms with E-state index in [2.05, 4.69) is 5.32 Å². The third-order valence-electron chi connectivity index (χ3n) is 3.84. The van der Waals surface area contributed by atoms with E-state index in [-0.39, 0.29) is 5.91 Å². The molecular formula is C16H11Cl5N2O. The van der Waals surface area contributed by atoms with Gasteiger partial charge in [-0.05, 0) is 42.0 Å². The molecule has 0 aliphatic heterocycles. The van der Waals surface area contributed by atoms with Crippen LogP contribution in [0.5, 0.6) is 0 Å². The molecule has 0 spiro atoms. The second-order valence-electron chi connectivity index (χ2n) is 5.56. The van der Waals surface area contributed by atoms with E-state index in [9.17, 15) is 4.79 Å². The number of amides is 1. The number of nitrogen functional groups attached to an aromatic ring is 1. The van der Waals surface area contributed by atoms with Gasteiger partial charge in [0.1, 0.15) is 4.33 Å². The van der Waals surface area contributed by atoms with Crippen molar-refractivity contribution in [3.63, 3.8) is 0 Å². The van der Waals surface area contributed by atoms with Crippen LogP contribution in [-0.4, -0.2) is 10.2 Å². The van der Waals surface area contributed by atoms with Crippen molar-refractivity contribution < 1.29 is 4.79 Å². The minimum atomic E-state index is -1.23. The van der Waals surface area contributed by atoms with Crippen molar-refractivity contribution in [3.8, 4) is 0 Å². The van der Waals surface area contributed by atoms with Gasteiger partial charge in [0.15, 0.2) is 0 Å². The lowest BCUT2D eigenvalue weighted by Gasteiger charge is -2.07. The maximum absolute atomic E-state index is 12.5. The van der Waals surface area contributed by atoms with E-state index in [4.69, 9.17) is 63.7 Å². The predicted octanol–water partition coefficient (Wildman–Crippen LogP) is 5.76. The number of benzene rings is 2. The fourth-order valence-corrected chi connectivity index (χ4v) is 4.15. The van der Waals surface area contributed by atoms with E-state index in [0.717, 1.165) is 0 Å². The minimum Gasteiger partial charge on any atom is -0.397 e. The third kappa shape index (κ3) is 3.42. The number of carbonyl (C=O) groups is 1. The lowest BCUT2D eigenvalue weighted by molar-refractivity contribution is -0.117. The Hall–Kier alpha value is -0.840. The molecule has 1 fully saturated rings. The van der Waals surface area contributed by atoms with Crippen LogP contribution >= 0.6 is 58.0 Å². The number of anilines is 2. The Morgan fingerprint density at radius 3 is 2.25 bits per heavy atom. The summed E-state index contributed by atoms with van der Waals surface area (Å²) in [5.41, 5.74) is 7.33. The molecule has 8 heteroatoms. The molecule has 24 heavy (non-hydrogen) atoms. The van der Waals surface area contributed by atoms with Crippen LogP contribution < -0.4 is 11.1 Å². The zero-order chi connectivity index (χ0) is 17.6. The summed E-state index contributed by atoms with van der Waals surface area (Å²) in [5.74, 6) is -1.35. The first-order valence-electron chi connectivity index (χ1n) is 6.90. The number of rotatable bonds is 3. The zero-order valence-electron chi connectivity index (χ0n) is 12.0. The molecule has 0 bridgehead atoms. The summed E-state index contributed by atoms with van der Waals surface area (Å²) < 4.78 is -1.23. The van der Waals surface area contributed by atoms with E-state index in [1.807, 2.05) is 0 Å². The molecule has 0 aromatic heterocycles. The van der Waals surface area contributed by atoms with Gasteiger partial charge < -0.3 is 11.1 Å². The lowest BCUT2D eigenvalue weighted by atomic mass is 10.1. The van der Waals surface area contributed by atoms with Gasteiger partial charge in [0.2, 0.25) is 5.91 Å². The minimum absolute atomic E-state index is 0.317. The molecule has 3 nitrogen and oxygen atoms in total. The maximum Gasteiger partial charge on any atom is 0.231 e. The summed E-state index contributed by atoms with van der Waals surface area (Å²) in [6, 6.07) is 9.82. The summed E-state index contributed by atoms with van der Waals surface area (Å²) in [5, 5.41) is 4.07. The Morgan fingerprint density at radius 1 is 1.04 bits per heavy atom. The largest absolute Gasteiger partial charge is 0.397 e. The summed E-state index contributed by atoms with van der Waals surface area (Å²) >= 11 is 30.5. The Bertz CT molecular complexity index is 804. The molecule has 2 aromatic rings. The molecule has 1 aliphatic rings. The number of nitrogens with two attached hydrogens (primary N) is 1. The smallest absolute Gasteiger partial charge is 0.231 e. The summed E-state index contributed by atoms with van der Waals surface area (Å²) in [7, 11) is 0. The van der Waals surface area contributed by atoms with Gasteiger partial charge in [-0.3, -0.25) is 4.79 Å². The van der Waals surface area contributed by atoms with Crippen LogP contribution in [-0.2, 0) is 4.79 Å². The molecule has 1 amide bonds. The highest BCUT2D eigenvalue weighted by atomic mass is 35.5. The number of hydrogen-bond acceptors (Lipinski definition) is 2. The van der Waals surface area contributed by atoms with Crippen molar-refractivity contribution >= 4 is 75.3 Å². The standard InChI is InChI=1S/C16H11Cl5N2O/c17-8-3-7(4-9(18)5-8)13-14(16(13,20)21)15(24)23-10-1-2-11(19)12(22)6-10/h1-6,13-14H,22H2,(H,23,24)/t13-,14+/m0/s1. The van der Waals surface area contributed by atoms with Gasteiger partial charge >= 0.3 is 0 Å². The summed E-state index contributed by atoms with van der Waals surface area (Å²) in [4.78, 5) is 12.5. The van der Waals surface area contributed by atoms with Gasteiger partial charge in [0, 0.05) is 21.7 Å². The molecule has 0 radical (unpaired) electrons. The van der Waals surface area contributed by atoms with Crippen LogP contribution in [0.4, 0.5) is 11.4 Å². The molecule has 0 saturated heterocycles. The SMILES string of the molecule is Nc1cc(NC(=O)[C@H]2[C@H](c3cc(Cl)cc(Cl)c3)C2(Cl)Cl)ccc1Cl. The Kier molecular flexibility index (Phi) is 4.84. The lowest BCUT2D eigenvalue weighted by Crippen LogP contribution is -2.17. The van der Waals surface area contributed by atoms with Crippen molar-refractivity contribution in [1.82, 2.24) is 0 Å². The number of alkyl halides is 2. The summed E-state index contributed by atoms with van der Waals surface area (Å²) in [6.45, 7) is 0. The molecule has 3 rings (SSSR count). The van der Waals surface area contributed by atoms with Crippen molar-refractivity contribution in [2.75, 3.05) is 11.1 Å². The van der Waals surface area contributed by atoms with Gasteiger partial charge in [-0.15, -0.1) is 23.2 Å². The van der Waals surface area contributed by atoms with E-state index >= 15 is 0 Å². The molecule has 0 heterocycles. The normalized spacial score (nSPS) is 21.4. The highest BCUT2D eigenvalue weighted by Crippen LogP contribution is 2.65. The highest BCUT2D eigenvalue weighted by molar-refractivity contribution is 6.53. The van der Waals surface area contributed by atoms with Crippen LogP contribution in [0.2, 0.25) is 15.1 Å². The Balaban J connectivity index is 1.81. The second-order valence-corrected chi connectivity index (χ2v) is 8.28. The van der Waals surface area contributed by atoms with Gasteiger partial charge in [-0.2, -0.15) is 0 Å². The topological polar surface area (TPSA) is 55.1 Å². The zero-order valence-corrected chi connectivity index (χ0v) is 15.8. The first-order valence-corrected chi connectivity index (χ1v) is 8.79. The van der Waals surface area contributed by atoms with Crippen molar-refractivity contribution in [1.29, 1.82) is 0 Å². The molecular weight excluding hydrogens is 413 g/mol. The van der Waals surface area contributed by atoms with Crippen LogP contribution in [0.25, 0.3) is 0 Å². The Labute approximate surface area is 164 Å². The van der Waals surface area contributed by atoms with E-state index in [1.54, 1.807) is 36.4 Å².